The minimum Gasteiger partial charge on any atom is -0.322 e. The Morgan fingerprint density at radius 1 is 1.14 bits per heavy atom. The number of aromatic nitrogens is 1. The van der Waals surface area contributed by atoms with Crippen LogP contribution in [0.3, 0.4) is 0 Å². The first-order chi connectivity index (χ1) is 17.4. The minimum absolute atomic E-state index is 0.0782. The molecule has 0 saturated heterocycles. The third-order valence-electron chi connectivity index (χ3n) is 7.77. The van der Waals surface area contributed by atoms with Crippen molar-refractivity contribution in [1.82, 2.24) is 10.3 Å². The van der Waals surface area contributed by atoms with Crippen molar-refractivity contribution in [2.24, 2.45) is 17.8 Å². The van der Waals surface area contributed by atoms with Crippen molar-refractivity contribution in [3.8, 4) is 6.07 Å². The Morgan fingerprint density at radius 2 is 1.92 bits per heavy atom. The number of pyridine rings is 1. The quantitative estimate of drug-likeness (QED) is 0.388. The maximum absolute atomic E-state index is 13.9. The average molecular weight is 486 g/mol. The molecule has 2 aliphatic carbocycles. The summed E-state index contributed by atoms with van der Waals surface area (Å²) in [7, 11) is 0. The van der Waals surface area contributed by atoms with E-state index in [0.717, 1.165) is 37.7 Å². The summed E-state index contributed by atoms with van der Waals surface area (Å²) >= 11 is 0. The van der Waals surface area contributed by atoms with Crippen molar-refractivity contribution >= 4 is 11.7 Å². The predicted molar refractivity (Wildman–Crippen MR) is 136 cm³/mol. The summed E-state index contributed by atoms with van der Waals surface area (Å²) in [4.78, 5) is 29.6. The van der Waals surface area contributed by atoms with E-state index < -0.39 is 11.9 Å². The molecule has 2 aliphatic rings. The number of Topliss-reactive ketones (excluding diaryl/α,β-unsaturated/α-hetero) is 1. The number of allylic oxidation sites excluding steroid dienone is 3. The number of amides is 1. The molecule has 6 heteroatoms. The monoisotopic (exact) mass is 485 g/mol. The zero-order valence-corrected chi connectivity index (χ0v) is 20.8. The van der Waals surface area contributed by atoms with Crippen LogP contribution in [0.4, 0.5) is 4.39 Å². The van der Waals surface area contributed by atoms with E-state index in [1.54, 1.807) is 0 Å². The van der Waals surface area contributed by atoms with Crippen LogP contribution < -0.4 is 5.32 Å². The minimum atomic E-state index is -0.818. The van der Waals surface area contributed by atoms with E-state index in [4.69, 9.17) is 5.26 Å². The molecule has 4 rings (SSSR count). The van der Waals surface area contributed by atoms with E-state index in [0.29, 0.717) is 29.5 Å². The van der Waals surface area contributed by atoms with Crippen LogP contribution in [-0.2, 0) is 4.79 Å². The molecule has 186 valence electrons. The molecular weight excluding hydrogens is 453 g/mol. The van der Waals surface area contributed by atoms with Gasteiger partial charge < -0.3 is 5.32 Å². The predicted octanol–water partition coefficient (Wildman–Crippen LogP) is 6.24. The smallest absolute Gasteiger partial charge is 0.260 e. The van der Waals surface area contributed by atoms with Gasteiger partial charge in [0.2, 0.25) is 5.95 Å². The Morgan fingerprint density at radius 3 is 2.64 bits per heavy atom. The zero-order chi connectivity index (χ0) is 25.7. The van der Waals surface area contributed by atoms with Crippen LogP contribution in [0.2, 0.25) is 0 Å². The molecule has 1 aromatic heterocycles. The third kappa shape index (κ3) is 5.79. The van der Waals surface area contributed by atoms with Gasteiger partial charge in [0, 0.05) is 23.7 Å². The second kappa shape index (κ2) is 11.4. The first-order valence-corrected chi connectivity index (χ1v) is 12.7. The Balaban J connectivity index is 1.40. The number of nitrogens with one attached hydrogen (secondary N) is 1. The fraction of sp³-hybridized carbons (Fsp3) is 0.400. The second-order valence-corrected chi connectivity index (χ2v) is 10.00. The van der Waals surface area contributed by atoms with Gasteiger partial charge in [-0.1, -0.05) is 31.6 Å². The largest absolute Gasteiger partial charge is 0.322 e. The molecule has 1 N–H and O–H groups in total. The van der Waals surface area contributed by atoms with Crippen molar-refractivity contribution in [3.63, 3.8) is 0 Å². The van der Waals surface area contributed by atoms with Gasteiger partial charge in [0.15, 0.2) is 0 Å². The summed E-state index contributed by atoms with van der Waals surface area (Å²) in [6.45, 7) is 3.92. The van der Waals surface area contributed by atoms with Crippen molar-refractivity contribution in [2.45, 2.75) is 58.3 Å². The molecule has 1 amide bonds. The molecule has 0 radical (unpaired) electrons. The standard InChI is InChI=1S/C30H32FN3O2/c1-19-8-11-25(17-27(19)34-30(36)26-7-4-16-33-29(26)31)28(35)20(2)22-5-3-6-23(15-14-22)24-12-9-21(18-32)10-13-24/h4,7-10,12-13,16-17,20,22-23,25H,3,5-6,11,14-15H2,1-2H3,(H,34,36). The van der Waals surface area contributed by atoms with Gasteiger partial charge in [0.25, 0.3) is 5.91 Å². The highest BCUT2D eigenvalue weighted by atomic mass is 19.1. The van der Waals surface area contributed by atoms with Gasteiger partial charge in [0.1, 0.15) is 5.78 Å². The number of hydrogen-bond acceptors (Lipinski definition) is 4. The number of nitriles is 1. The summed E-state index contributed by atoms with van der Waals surface area (Å²) in [5, 5.41) is 11.8. The van der Waals surface area contributed by atoms with Crippen molar-refractivity contribution in [2.75, 3.05) is 0 Å². The van der Waals surface area contributed by atoms with Gasteiger partial charge in [-0.3, -0.25) is 9.59 Å². The van der Waals surface area contributed by atoms with Crippen LogP contribution in [0, 0.1) is 35.0 Å². The van der Waals surface area contributed by atoms with E-state index in [-0.39, 0.29) is 23.2 Å². The molecule has 36 heavy (non-hydrogen) atoms. The Hall–Kier alpha value is -3.59. The van der Waals surface area contributed by atoms with E-state index in [9.17, 15) is 14.0 Å². The number of carbonyl (C=O) groups is 2. The number of carbonyl (C=O) groups excluding carboxylic acids is 2. The highest BCUT2D eigenvalue weighted by molar-refractivity contribution is 5.96. The van der Waals surface area contributed by atoms with Gasteiger partial charge >= 0.3 is 0 Å². The topological polar surface area (TPSA) is 82.9 Å². The first-order valence-electron chi connectivity index (χ1n) is 12.7. The SMILES string of the molecule is CC1=CCC(C(=O)C(C)C2CCCC(c3ccc(C#N)cc3)CC2)C=C1NC(=O)c1cccnc1F. The second-order valence-electron chi connectivity index (χ2n) is 10.00. The van der Waals surface area contributed by atoms with E-state index >= 15 is 0 Å². The van der Waals surface area contributed by atoms with Gasteiger partial charge in [-0.15, -0.1) is 0 Å². The van der Waals surface area contributed by atoms with Crippen LogP contribution >= 0.6 is 0 Å². The van der Waals surface area contributed by atoms with Gasteiger partial charge in [-0.25, -0.2) is 4.98 Å². The van der Waals surface area contributed by atoms with Crippen LogP contribution in [-0.4, -0.2) is 16.7 Å². The van der Waals surface area contributed by atoms with E-state index in [2.05, 4.69) is 28.5 Å². The zero-order valence-electron chi connectivity index (χ0n) is 20.8. The van der Waals surface area contributed by atoms with Gasteiger partial charge in [-0.05, 0) is 92.3 Å². The molecule has 0 spiro atoms. The Labute approximate surface area is 212 Å². The maximum Gasteiger partial charge on any atom is 0.260 e. The molecule has 5 nitrogen and oxygen atoms in total. The molecular formula is C30H32FN3O2. The fourth-order valence-electron chi connectivity index (χ4n) is 5.46. The van der Waals surface area contributed by atoms with Crippen molar-refractivity contribution < 1.29 is 14.0 Å². The lowest BCUT2D eigenvalue weighted by atomic mass is 9.78. The first kappa shape index (κ1) is 25.5. The van der Waals surface area contributed by atoms with Crippen LogP contribution in [0.5, 0.6) is 0 Å². The number of nitrogens with zero attached hydrogens (tertiary/aromatic N) is 2. The highest BCUT2D eigenvalue weighted by Crippen LogP contribution is 2.38. The van der Waals surface area contributed by atoms with E-state index in [1.807, 2.05) is 38.1 Å². The summed E-state index contributed by atoms with van der Waals surface area (Å²) in [6, 6.07) is 13.0. The van der Waals surface area contributed by atoms with E-state index in [1.165, 1.54) is 23.9 Å². The van der Waals surface area contributed by atoms with Crippen LogP contribution in [0.15, 0.2) is 66.0 Å². The molecule has 2 aromatic rings. The molecule has 1 heterocycles. The van der Waals surface area contributed by atoms with Crippen molar-refractivity contribution in [3.05, 3.63) is 88.7 Å². The van der Waals surface area contributed by atoms with Crippen LogP contribution in [0.1, 0.15) is 79.8 Å². The lowest BCUT2D eigenvalue weighted by Crippen LogP contribution is -2.31. The third-order valence-corrected chi connectivity index (χ3v) is 7.77. The average Bonchev–Trinajstić information content (AvgIpc) is 3.16. The lowest BCUT2D eigenvalue weighted by molar-refractivity contribution is -0.126. The molecule has 0 aliphatic heterocycles. The van der Waals surface area contributed by atoms with Crippen LogP contribution in [0.25, 0.3) is 0 Å². The molecule has 4 unspecified atom stereocenters. The Bertz CT molecular complexity index is 1230. The fourth-order valence-corrected chi connectivity index (χ4v) is 5.46. The summed E-state index contributed by atoms with van der Waals surface area (Å²) in [5.41, 5.74) is 3.25. The van der Waals surface area contributed by atoms with Gasteiger partial charge in [-0.2, -0.15) is 9.65 Å². The number of halogens is 1. The molecule has 1 fully saturated rings. The molecule has 1 saturated carbocycles. The van der Waals surface area contributed by atoms with Gasteiger partial charge in [0.05, 0.1) is 17.2 Å². The normalized spacial score (nSPS) is 22.9. The summed E-state index contributed by atoms with van der Waals surface area (Å²) in [5.74, 6) is -0.801. The van der Waals surface area contributed by atoms with Crippen molar-refractivity contribution in [1.29, 1.82) is 5.26 Å². The highest BCUT2D eigenvalue weighted by Gasteiger charge is 2.32. The summed E-state index contributed by atoms with van der Waals surface area (Å²) in [6.07, 6.45) is 10.9. The number of benzene rings is 1. The number of rotatable bonds is 6. The molecule has 0 bridgehead atoms. The summed E-state index contributed by atoms with van der Waals surface area (Å²) < 4.78 is 13.9. The number of hydrogen-bond donors (Lipinski definition) is 1. The lowest BCUT2D eigenvalue weighted by Gasteiger charge is -2.27. The molecule has 4 atom stereocenters. The molecule has 1 aromatic carbocycles. The number of ketones is 1. The Kier molecular flexibility index (Phi) is 8.10. The maximum atomic E-state index is 13.9.